The van der Waals surface area contributed by atoms with E-state index in [9.17, 15) is 9.59 Å². The summed E-state index contributed by atoms with van der Waals surface area (Å²) in [5.41, 5.74) is 7.93. The van der Waals surface area contributed by atoms with Gasteiger partial charge in [0.2, 0.25) is 0 Å². The molecule has 3 rings (SSSR count). The number of nitrogens with two attached hydrogens (primary N) is 1. The van der Waals surface area contributed by atoms with Crippen LogP contribution in [0.1, 0.15) is 17.4 Å². The van der Waals surface area contributed by atoms with Crippen LogP contribution in [0.3, 0.4) is 0 Å². The lowest BCUT2D eigenvalue weighted by molar-refractivity contribution is -0.123. The van der Waals surface area contributed by atoms with Crippen molar-refractivity contribution in [3.63, 3.8) is 0 Å². The summed E-state index contributed by atoms with van der Waals surface area (Å²) in [6, 6.07) is 17.1. The van der Waals surface area contributed by atoms with Gasteiger partial charge in [-0.3, -0.25) is 4.79 Å². The molecule has 0 radical (unpaired) electrons. The average molecular weight is 362 g/mol. The number of rotatable bonds is 5. The van der Waals surface area contributed by atoms with Gasteiger partial charge in [0, 0.05) is 23.6 Å². The Labute approximate surface area is 156 Å². The Morgan fingerprint density at radius 1 is 1.00 bits per heavy atom. The van der Waals surface area contributed by atoms with E-state index in [1.807, 2.05) is 48.5 Å². The molecule has 0 aliphatic heterocycles. The molecule has 0 saturated heterocycles. The third-order valence-corrected chi connectivity index (χ3v) is 3.84. The molecule has 3 aromatic rings. The lowest BCUT2D eigenvalue weighted by atomic mass is 10.0. The zero-order chi connectivity index (χ0) is 19.2. The van der Waals surface area contributed by atoms with Gasteiger partial charge in [-0.1, -0.05) is 48.5 Å². The lowest BCUT2D eigenvalue weighted by Gasteiger charge is -2.16. The highest BCUT2D eigenvalue weighted by Crippen LogP contribution is 2.27. The van der Waals surface area contributed by atoms with E-state index in [1.54, 1.807) is 6.07 Å². The summed E-state index contributed by atoms with van der Waals surface area (Å²) in [6.07, 6.45) is 1.65. The van der Waals surface area contributed by atoms with Crippen LogP contribution >= 0.6 is 0 Å². The van der Waals surface area contributed by atoms with Gasteiger partial charge >= 0.3 is 5.97 Å². The minimum Gasteiger partial charge on any atom is -0.448 e. The first-order valence-corrected chi connectivity index (χ1v) is 8.29. The molecule has 1 atom stereocenters. The Morgan fingerprint density at radius 2 is 1.67 bits per heavy atom. The number of aromatic nitrogens is 2. The van der Waals surface area contributed by atoms with Gasteiger partial charge in [0.05, 0.1) is 0 Å². The summed E-state index contributed by atoms with van der Waals surface area (Å²) >= 11 is 0. The van der Waals surface area contributed by atoms with Crippen LogP contribution in [-0.2, 0) is 9.53 Å². The number of benzene rings is 2. The minimum absolute atomic E-state index is 0.0514. The fraction of sp³-hybridized carbons (Fsp3) is 0.100. The largest absolute Gasteiger partial charge is 0.448 e. The first kappa shape index (κ1) is 18.1. The number of nitrogens with zero attached hydrogens (tertiary/aromatic N) is 2. The van der Waals surface area contributed by atoms with Crippen LogP contribution in [0.25, 0.3) is 11.1 Å². The summed E-state index contributed by atoms with van der Waals surface area (Å²) in [5, 5.41) is 2.80. The molecule has 0 spiro atoms. The molecule has 0 bridgehead atoms. The van der Waals surface area contributed by atoms with Crippen LogP contribution in [-0.4, -0.2) is 27.9 Å². The van der Waals surface area contributed by atoms with Crippen molar-refractivity contribution >= 4 is 23.4 Å². The smallest absolute Gasteiger partial charge is 0.361 e. The number of para-hydroxylation sites is 1. The highest BCUT2D eigenvalue weighted by atomic mass is 16.5. The summed E-state index contributed by atoms with van der Waals surface area (Å²) in [6.45, 7) is 1.48. The van der Waals surface area contributed by atoms with E-state index in [4.69, 9.17) is 10.5 Å². The molecular weight excluding hydrogens is 344 g/mol. The summed E-state index contributed by atoms with van der Waals surface area (Å²) in [5.74, 6) is -1.32. The second-order valence-electron chi connectivity index (χ2n) is 5.74. The normalized spacial score (nSPS) is 11.4. The Hall–Kier alpha value is -3.74. The molecule has 3 N–H and O–H groups in total. The Bertz CT molecular complexity index is 960. The molecule has 7 nitrogen and oxygen atoms in total. The average Bonchev–Trinajstić information content (AvgIpc) is 2.69. The van der Waals surface area contributed by atoms with Crippen molar-refractivity contribution in [2.45, 2.75) is 13.0 Å². The fourth-order valence-electron chi connectivity index (χ4n) is 2.47. The first-order chi connectivity index (χ1) is 13.1. The second-order valence-corrected chi connectivity index (χ2v) is 5.74. The molecule has 27 heavy (non-hydrogen) atoms. The minimum atomic E-state index is -1.04. The maximum Gasteiger partial charge on any atom is 0.361 e. The van der Waals surface area contributed by atoms with Gasteiger partial charge in [0.15, 0.2) is 17.6 Å². The number of hydrogen-bond donors (Lipinski definition) is 2. The molecule has 7 heteroatoms. The van der Waals surface area contributed by atoms with Gasteiger partial charge in [-0.05, 0) is 18.6 Å². The van der Waals surface area contributed by atoms with E-state index >= 15 is 0 Å². The van der Waals surface area contributed by atoms with E-state index in [-0.39, 0.29) is 11.5 Å². The molecule has 2 aromatic carbocycles. The molecule has 0 unspecified atom stereocenters. The first-order valence-electron chi connectivity index (χ1n) is 8.29. The highest BCUT2D eigenvalue weighted by molar-refractivity contribution is 6.00. The van der Waals surface area contributed by atoms with E-state index in [0.29, 0.717) is 5.69 Å². The molecule has 1 amide bonds. The lowest BCUT2D eigenvalue weighted by Crippen LogP contribution is -2.30. The van der Waals surface area contributed by atoms with E-state index in [2.05, 4.69) is 15.3 Å². The highest BCUT2D eigenvalue weighted by Gasteiger charge is 2.22. The number of esters is 1. The maximum atomic E-state index is 12.5. The Morgan fingerprint density at radius 3 is 2.41 bits per heavy atom. The van der Waals surface area contributed by atoms with Crippen molar-refractivity contribution in [1.82, 2.24) is 9.97 Å². The summed E-state index contributed by atoms with van der Waals surface area (Å²) in [7, 11) is 0. The number of nitrogen functional groups attached to an aromatic ring is 1. The number of carbonyl (C=O) groups is 2. The number of amides is 1. The molecular formula is C20H18N4O3. The standard InChI is InChI=1S/C20H18N4O3/c1-13(27-20(26)17-18(21)23-12-11-22-17)19(25)24-16-10-6-5-9-15(16)14-7-3-2-4-8-14/h2-13H,1H3,(H2,21,23)(H,24,25)/t13-/m0/s1. The Kier molecular flexibility index (Phi) is 5.41. The summed E-state index contributed by atoms with van der Waals surface area (Å²) < 4.78 is 5.16. The van der Waals surface area contributed by atoms with Crippen LogP contribution in [0.15, 0.2) is 67.0 Å². The fourth-order valence-corrected chi connectivity index (χ4v) is 2.47. The van der Waals surface area contributed by atoms with Crippen molar-refractivity contribution in [2.75, 3.05) is 11.1 Å². The monoisotopic (exact) mass is 362 g/mol. The molecule has 0 aliphatic carbocycles. The number of carbonyl (C=O) groups excluding carboxylic acids is 2. The van der Waals surface area contributed by atoms with Crippen LogP contribution in [0.4, 0.5) is 11.5 Å². The molecule has 1 heterocycles. The Balaban J connectivity index is 1.73. The second kappa shape index (κ2) is 8.09. The van der Waals surface area contributed by atoms with Gasteiger partial charge in [0.25, 0.3) is 5.91 Å². The van der Waals surface area contributed by atoms with E-state index in [0.717, 1.165) is 11.1 Å². The van der Waals surface area contributed by atoms with Crippen molar-refractivity contribution in [1.29, 1.82) is 0 Å². The topological polar surface area (TPSA) is 107 Å². The predicted molar refractivity (Wildman–Crippen MR) is 102 cm³/mol. The van der Waals surface area contributed by atoms with Crippen molar-refractivity contribution in [2.24, 2.45) is 0 Å². The quantitative estimate of drug-likeness (QED) is 0.676. The molecule has 0 saturated carbocycles. The predicted octanol–water partition coefficient (Wildman–Crippen LogP) is 2.91. The van der Waals surface area contributed by atoms with Crippen LogP contribution in [0, 0.1) is 0 Å². The van der Waals surface area contributed by atoms with Crippen LogP contribution < -0.4 is 11.1 Å². The number of nitrogens with one attached hydrogen (secondary N) is 1. The van der Waals surface area contributed by atoms with Gasteiger partial charge in [-0.2, -0.15) is 0 Å². The van der Waals surface area contributed by atoms with Crippen molar-refractivity contribution < 1.29 is 14.3 Å². The molecule has 0 fully saturated rings. The SMILES string of the molecule is C[C@H](OC(=O)c1nccnc1N)C(=O)Nc1ccccc1-c1ccccc1. The van der Waals surface area contributed by atoms with Gasteiger partial charge in [-0.25, -0.2) is 14.8 Å². The maximum absolute atomic E-state index is 12.5. The summed E-state index contributed by atoms with van der Waals surface area (Å²) in [4.78, 5) is 32.2. The van der Waals surface area contributed by atoms with Gasteiger partial charge < -0.3 is 15.8 Å². The van der Waals surface area contributed by atoms with Crippen molar-refractivity contribution in [3.8, 4) is 11.1 Å². The third-order valence-electron chi connectivity index (χ3n) is 3.84. The van der Waals surface area contributed by atoms with Gasteiger partial charge in [-0.15, -0.1) is 0 Å². The molecule has 136 valence electrons. The zero-order valence-corrected chi connectivity index (χ0v) is 14.6. The van der Waals surface area contributed by atoms with Crippen LogP contribution in [0.5, 0.6) is 0 Å². The number of anilines is 2. The molecule has 0 aliphatic rings. The molecule has 1 aromatic heterocycles. The van der Waals surface area contributed by atoms with E-state index in [1.165, 1.54) is 19.3 Å². The third kappa shape index (κ3) is 4.27. The number of hydrogen-bond acceptors (Lipinski definition) is 6. The van der Waals surface area contributed by atoms with Crippen molar-refractivity contribution in [3.05, 3.63) is 72.7 Å². The number of ether oxygens (including phenoxy) is 1. The van der Waals surface area contributed by atoms with Gasteiger partial charge in [0.1, 0.15) is 0 Å². The van der Waals surface area contributed by atoms with Crippen LogP contribution in [0.2, 0.25) is 0 Å². The zero-order valence-electron chi connectivity index (χ0n) is 14.6. The van der Waals surface area contributed by atoms with E-state index < -0.39 is 18.0 Å².